The number of hydrogen-bond donors (Lipinski definition) is 2. The highest BCUT2D eigenvalue weighted by Crippen LogP contribution is 2.58. The summed E-state index contributed by atoms with van der Waals surface area (Å²) in [5, 5.41) is 5.35. The molecule has 2 atom stereocenters. The standard InChI is InChI=1S/C16H16N2O3/c19-13-7-14(20)18-12-6-8(4-5-11(12)17-13)16(21)15-9-2-1-3-10(9)15/h4-6,9-10,15H,1-3,7H2,(H,17,19)(H,18,20). The molecule has 2 saturated carbocycles. The van der Waals surface area contributed by atoms with Crippen LogP contribution in [0.5, 0.6) is 0 Å². The summed E-state index contributed by atoms with van der Waals surface area (Å²) < 4.78 is 0. The number of anilines is 2. The Bertz CT molecular complexity index is 657. The average molecular weight is 284 g/mol. The zero-order chi connectivity index (χ0) is 14.6. The minimum atomic E-state index is -0.348. The van der Waals surface area contributed by atoms with Crippen LogP contribution in [-0.4, -0.2) is 17.6 Å². The molecule has 0 saturated heterocycles. The number of carbonyl (C=O) groups excluding carboxylic acids is 3. The summed E-state index contributed by atoms with van der Waals surface area (Å²) in [7, 11) is 0. The van der Waals surface area contributed by atoms with Gasteiger partial charge in [0.1, 0.15) is 6.42 Å². The summed E-state index contributed by atoms with van der Waals surface area (Å²) >= 11 is 0. The van der Waals surface area contributed by atoms with Crippen LogP contribution in [0.15, 0.2) is 18.2 Å². The largest absolute Gasteiger partial charge is 0.324 e. The highest BCUT2D eigenvalue weighted by Gasteiger charge is 2.56. The van der Waals surface area contributed by atoms with E-state index in [2.05, 4.69) is 10.6 Å². The maximum absolute atomic E-state index is 12.5. The molecule has 0 spiro atoms. The van der Waals surface area contributed by atoms with E-state index in [9.17, 15) is 14.4 Å². The topological polar surface area (TPSA) is 75.3 Å². The van der Waals surface area contributed by atoms with Crippen molar-refractivity contribution in [1.29, 1.82) is 0 Å². The lowest BCUT2D eigenvalue weighted by Gasteiger charge is -2.09. The monoisotopic (exact) mass is 284 g/mol. The van der Waals surface area contributed by atoms with Crippen LogP contribution in [0.1, 0.15) is 36.0 Å². The first-order chi connectivity index (χ1) is 10.1. The molecule has 2 amide bonds. The van der Waals surface area contributed by atoms with E-state index in [1.807, 2.05) is 0 Å². The first-order valence-corrected chi connectivity index (χ1v) is 7.41. The number of ketones is 1. The van der Waals surface area contributed by atoms with Crippen molar-refractivity contribution in [3.8, 4) is 0 Å². The number of nitrogens with one attached hydrogen (secondary N) is 2. The summed E-state index contributed by atoms with van der Waals surface area (Å²) in [6.45, 7) is 0. The van der Waals surface area contributed by atoms with Gasteiger partial charge in [0, 0.05) is 11.5 Å². The molecule has 1 aromatic carbocycles. The molecule has 1 aromatic rings. The van der Waals surface area contributed by atoms with Crippen LogP contribution in [0, 0.1) is 17.8 Å². The maximum Gasteiger partial charge on any atom is 0.233 e. The summed E-state index contributed by atoms with van der Waals surface area (Å²) in [6.07, 6.45) is 3.38. The van der Waals surface area contributed by atoms with Crippen LogP contribution in [-0.2, 0) is 9.59 Å². The number of carbonyl (C=O) groups is 3. The molecule has 2 N–H and O–H groups in total. The third-order valence-electron chi connectivity index (χ3n) is 4.88. The third kappa shape index (κ3) is 2.04. The molecule has 5 heteroatoms. The zero-order valence-electron chi connectivity index (χ0n) is 11.5. The molecule has 5 nitrogen and oxygen atoms in total. The highest BCUT2D eigenvalue weighted by molar-refractivity contribution is 6.14. The predicted octanol–water partition coefficient (Wildman–Crippen LogP) is 2.20. The first-order valence-electron chi connectivity index (χ1n) is 7.41. The van der Waals surface area contributed by atoms with E-state index in [0.29, 0.717) is 28.8 Å². The second kappa shape index (κ2) is 4.41. The number of hydrogen-bond acceptors (Lipinski definition) is 3. The molecule has 2 unspecified atom stereocenters. The van der Waals surface area contributed by atoms with Crippen LogP contribution in [0.4, 0.5) is 11.4 Å². The van der Waals surface area contributed by atoms with E-state index >= 15 is 0 Å². The molecule has 0 aromatic heterocycles. The van der Waals surface area contributed by atoms with Crippen molar-refractivity contribution in [2.24, 2.45) is 17.8 Å². The van der Waals surface area contributed by atoms with Gasteiger partial charge >= 0.3 is 0 Å². The molecule has 1 heterocycles. The Labute approximate surface area is 122 Å². The minimum Gasteiger partial charge on any atom is -0.324 e. The Balaban J connectivity index is 1.62. The van der Waals surface area contributed by atoms with Crippen molar-refractivity contribution in [3.05, 3.63) is 23.8 Å². The molecule has 0 radical (unpaired) electrons. The van der Waals surface area contributed by atoms with Crippen LogP contribution < -0.4 is 10.6 Å². The lowest BCUT2D eigenvalue weighted by molar-refractivity contribution is -0.123. The molecule has 3 aliphatic rings. The van der Waals surface area contributed by atoms with Crippen molar-refractivity contribution in [3.63, 3.8) is 0 Å². The SMILES string of the molecule is O=C1CC(=O)Nc2cc(C(=O)C3C4CCCC43)ccc2N1. The van der Waals surface area contributed by atoms with Gasteiger partial charge in [0.25, 0.3) is 0 Å². The van der Waals surface area contributed by atoms with Gasteiger partial charge in [0.05, 0.1) is 11.4 Å². The summed E-state index contributed by atoms with van der Waals surface area (Å²) in [4.78, 5) is 35.6. The molecular weight excluding hydrogens is 268 g/mol. The summed E-state index contributed by atoms with van der Waals surface area (Å²) in [5.41, 5.74) is 1.70. The lowest BCUT2D eigenvalue weighted by Crippen LogP contribution is -2.16. The van der Waals surface area contributed by atoms with Gasteiger partial charge in [0.15, 0.2) is 5.78 Å². The van der Waals surface area contributed by atoms with Crippen molar-refractivity contribution in [1.82, 2.24) is 0 Å². The average Bonchev–Trinajstić information content (AvgIpc) is 2.97. The van der Waals surface area contributed by atoms with Gasteiger partial charge in [0.2, 0.25) is 11.8 Å². The number of Topliss-reactive ketones (excluding diaryl/α,β-unsaturated/α-hetero) is 1. The molecule has 108 valence electrons. The van der Waals surface area contributed by atoms with Gasteiger partial charge in [-0.2, -0.15) is 0 Å². The van der Waals surface area contributed by atoms with Crippen LogP contribution in [0.3, 0.4) is 0 Å². The molecule has 21 heavy (non-hydrogen) atoms. The van der Waals surface area contributed by atoms with Gasteiger partial charge in [-0.1, -0.05) is 6.42 Å². The van der Waals surface area contributed by atoms with E-state index in [1.54, 1.807) is 18.2 Å². The fraction of sp³-hybridized carbons (Fsp3) is 0.438. The molecular formula is C16H16N2O3. The fourth-order valence-corrected chi connectivity index (χ4v) is 3.85. The minimum absolute atomic E-state index is 0.174. The van der Waals surface area contributed by atoms with E-state index in [-0.39, 0.29) is 29.9 Å². The predicted molar refractivity (Wildman–Crippen MR) is 77.0 cm³/mol. The van der Waals surface area contributed by atoms with E-state index in [1.165, 1.54) is 19.3 Å². The zero-order valence-corrected chi connectivity index (χ0v) is 11.5. The molecule has 2 aliphatic carbocycles. The Morgan fingerprint density at radius 2 is 1.67 bits per heavy atom. The van der Waals surface area contributed by atoms with Gasteiger partial charge in [-0.25, -0.2) is 0 Å². The Kier molecular flexibility index (Phi) is 2.64. The van der Waals surface area contributed by atoms with Crippen molar-refractivity contribution >= 4 is 29.0 Å². The number of amides is 2. The van der Waals surface area contributed by atoms with Gasteiger partial charge in [-0.05, 0) is 42.9 Å². The number of rotatable bonds is 2. The van der Waals surface area contributed by atoms with E-state index < -0.39 is 0 Å². The van der Waals surface area contributed by atoms with Crippen molar-refractivity contribution < 1.29 is 14.4 Å². The summed E-state index contributed by atoms with van der Waals surface area (Å²) in [5.74, 6) is 0.822. The highest BCUT2D eigenvalue weighted by atomic mass is 16.2. The van der Waals surface area contributed by atoms with E-state index in [0.717, 1.165) is 0 Å². The fourth-order valence-electron chi connectivity index (χ4n) is 3.85. The third-order valence-corrected chi connectivity index (χ3v) is 4.88. The number of fused-ring (bicyclic) bond motifs is 2. The molecule has 4 rings (SSSR count). The van der Waals surface area contributed by atoms with Gasteiger partial charge < -0.3 is 10.6 Å². The second-order valence-electron chi connectivity index (χ2n) is 6.18. The van der Waals surface area contributed by atoms with Crippen molar-refractivity contribution in [2.45, 2.75) is 25.7 Å². The van der Waals surface area contributed by atoms with E-state index in [4.69, 9.17) is 0 Å². The van der Waals surface area contributed by atoms with Crippen LogP contribution in [0.2, 0.25) is 0 Å². The molecule has 0 bridgehead atoms. The van der Waals surface area contributed by atoms with Gasteiger partial charge in [-0.15, -0.1) is 0 Å². The Morgan fingerprint density at radius 1 is 1.00 bits per heavy atom. The van der Waals surface area contributed by atoms with Crippen molar-refractivity contribution in [2.75, 3.05) is 10.6 Å². The molecule has 2 fully saturated rings. The maximum atomic E-state index is 12.5. The van der Waals surface area contributed by atoms with Crippen LogP contribution in [0.25, 0.3) is 0 Å². The number of benzene rings is 1. The second-order valence-corrected chi connectivity index (χ2v) is 6.18. The smallest absolute Gasteiger partial charge is 0.233 e. The van der Waals surface area contributed by atoms with Crippen LogP contribution >= 0.6 is 0 Å². The normalized spacial score (nSPS) is 29.8. The molecule has 1 aliphatic heterocycles. The summed E-state index contributed by atoms with van der Waals surface area (Å²) in [6, 6.07) is 5.13. The Hall–Kier alpha value is -2.17. The van der Waals surface area contributed by atoms with Gasteiger partial charge in [-0.3, -0.25) is 14.4 Å². The first kappa shape index (κ1) is 12.6. The Morgan fingerprint density at radius 3 is 2.38 bits per heavy atom. The quantitative estimate of drug-likeness (QED) is 0.645. The lowest BCUT2D eigenvalue weighted by atomic mass is 10.0.